The van der Waals surface area contributed by atoms with Gasteiger partial charge in [-0.1, -0.05) is 13.3 Å². The van der Waals surface area contributed by atoms with E-state index >= 15 is 0 Å². The van der Waals surface area contributed by atoms with E-state index in [0.717, 1.165) is 13.1 Å². The van der Waals surface area contributed by atoms with E-state index < -0.39 is 0 Å². The summed E-state index contributed by atoms with van der Waals surface area (Å²) in [5.41, 5.74) is 5.61. The van der Waals surface area contributed by atoms with Gasteiger partial charge in [0.25, 0.3) is 0 Å². The molecule has 0 spiro atoms. The molecule has 0 saturated carbocycles. The van der Waals surface area contributed by atoms with Gasteiger partial charge in [-0.3, -0.25) is 4.79 Å². The van der Waals surface area contributed by atoms with Crippen molar-refractivity contribution in [3.63, 3.8) is 0 Å². The molecule has 88 valence electrons. The Bertz CT molecular complexity index is 190. The Morgan fingerprint density at radius 3 is 2.67 bits per heavy atom. The van der Waals surface area contributed by atoms with Gasteiger partial charge < -0.3 is 16.0 Å². The van der Waals surface area contributed by atoms with Crippen LogP contribution in [0, 0.1) is 0 Å². The minimum absolute atomic E-state index is 0.0190. The highest BCUT2D eigenvalue weighted by Crippen LogP contribution is 2.07. The van der Waals surface area contributed by atoms with Gasteiger partial charge in [-0.2, -0.15) is 0 Å². The lowest BCUT2D eigenvalue weighted by Crippen LogP contribution is -2.44. The van der Waals surface area contributed by atoms with Crippen molar-refractivity contribution in [2.45, 2.75) is 38.6 Å². The number of likely N-dealkylation sites (tertiary alicyclic amines) is 1. The summed E-state index contributed by atoms with van der Waals surface area (Å²) < 4.78 is 0. The van der Waals surface area contributed by atoms with Crippen LogP contribution >= 0.6 is 0 Å². The molecule has 1 saturated heterocycles. The Labute approximate surface area is 92.2 Å². The zero-order valence-corrected chi connectivity index (χ0v) is 9.67. The summed E-state index contributed by atoms with van der Waals surface area (Å²) in [5, 5.41) is 2.88. The number of piperidine rings is 1. The van der Waals surface area contributed by atoms with Crippen LogP contribution in [-0.2, 0) is 4.79 Å². The molecule has 1 amide bonds. The van der Waals surface area contributed by atoms with Crippen molar-refractivity contribution in [1.82, 2.24) is 10.2 Å². The third-order valence-corrected chi connectivity index (χ3v) is 2.95. The highest BCUT2D eigenvalue weighted by atomic mass is 16.2. The summed E-state index contributed by atoms with van der Waals surface area (Å²) in [7, 11) is 0. The van der Waals surface area contributed by atoms with Gasteiger partial charge in [-0.05, 0) is 32.4 Å². The molecule has 1 fully saturated rings. The molecule has 0 aromatic heterocycles. The van der Waals surface area contributed by atoms with Gasteiger partial charge >= 0.3 is 0 Å². The molecule has 3 N–H and O–H groups in total. The van der Waals surface area contributed by atoms with Gasteiger partial charge in [-0.15, -0.1) is 0 Å². The van der Waals surface area contributed by atoms with E-state index in [4.69, 9.17) is 5.73 Å². The third kappa shape index (κ3) is 4.62. The van der Waals surface area contributed by atoms with E-state index in [9.17, 15) is 4.79 Å². The monoisotopic (exact) mass is 213 g/mol. The van der Waals surface area contributed by atoms with Crippen molar-refractivity contribution >= 4 is 5.91 Å². The minimum Gasteiger partial charge on any atom is -0.353 e. The fourth-order valence-electron chi connectivity index (χ4n) is 1.84. The maximum Gasteiger partial charge on any atom is 0.236 e. The molecule has 4 heteroatoms. The van der Waals surface area contributed by atoms with Crippen LogP contribution in [0.1, 0.15) is 32.6 Å². The molecule has 0 aromatic carbocycles. The van der Waals surface area contributed by atoms with Gasteiger partial charge in [-0.25, -0.2) is 0 Å². The molecule has 1 heterocycles. The molecule has 1 atom stereocenters. The predicted molar refractivity (Wildman–Crippen MR) is 61.6 cm³/mol. The third-order valence-electron chi connectivity index (χ3n) is 2.95. The van der Waals surface area contributed by atoms with Crippen molar-refractivity contribution in [2.24, 2.45) is 5.73 Å². The molecule has 1 aliphatic rings. The zero-order chi connectivity index (χ0) is 11.1. The average Bonchev–Trinajstić information content (AvgIpc) is 2.29. The van der Waals surface area contributed by atoms with E-state index in [1.807, 2.05) is 6.92 Å². The highest BCUT2D eigenvalue weighted by Gasteiger charge is 2.12. The molecule has 1 rings (SSSR count). The van der Waals surface area contributed by atoms with Crippen LogP contribution < -0.4 is 11.1 Å². The van der Waals surface area contributed by atoms with Crippen LogP contribution in [0.15, 0.2) is 0 Å². The number of nitrogens with one attached hydrogen (secondary N) is 1. The Hall–Kier alpha value is -0.610. The standard InChI is InChI=1S/C11H23N3O/c1-2-10(12)11(15)13-6-9-14-7-4-3-5-8-14/h10H,2-9,12H2,1H3,(H,13,15)/t10-/m0/s1. The van der Waals surface area contributed by atoms with Crippen LogP contribution in [0.2, 0.25) is 0 Å². The number of amides is 1. The number of nitrogens with zero attached hydrogens (tertiary/aromatic N) is 1. The molecule has 1 aliphatic heterocycles. The fourth-order valence-corrected chi connectivity index (χ4v) is 1.84. The molecule has 15 heavy (non-hydrogen) atoms. The first-order chi connectivity index (χ1) is 7.24. The molecule has 4 nitrogen and oxygen atoms in total. The lowest BCUT2D eigenvalue weighted by atomic mass is 10.1. The average molecular weight is 213 g/mol. The van der Waals surface area contributed by atoms with Gasteiger partial charge in [0.15, 0.2) is 0 Å². The molecular weight excluding hydrogens is 190 g/mol. The SMILES string of the molecule is CC[C@H](N)C(=O)NCCN1CCCCC1. The second-order valence-electron chi connectivity index (χ2n) is 4.21. The molecule has 0 radical (unpaired) electrons. The van der Waals surface area contributed by atoms with Gasteiger partial charge in [0, 0.05) is 13.1 Å². The second-order valence-corrected chi connectivity index (χ2v) is 4.21. The Morgan fingerprint density at radius 1 is 1.40 bits per heavy atom. The molecule has 0 aliphatic carbocycles. The van der Waals surface area contributed by atoms with Gasteiger partial charge in [0.1, 0.15) is 0 Å². The quantitative estimate of drug-likeness (QED) is 0.692. The van der Waals surface area contributed by atoms with Crippen LogP contribution in [0.5, 0.6) is 0 Å². The van der Waals surface area contributed by atoms with E-state index in [1.54, 1.807) is 0 Å². The first-order valence-corrected chi connectivity index (χ1v) is 5.99. The number of carbonyl (C=O) groups excluding carboxylic acids is 1. The smallest absolute Gasteiger partial charge is 0.236 e. The van der Waals surface area contributed by atoms with Crippen molar-refractivity contribution in [3.8, 4) is 0 Å². The van der Waals surface area contributed by atoms with Gasteiger partial charge in [0.05, 0.1) is 6.04 Å². The van der Waals surface area contributed by atoms with Crippen LogP contribution in [0.3, 0.4) is 0 Å². The van der Waals surface area contributed by atoms with Crippen molar-refractivity contribution in [3.05, 3.63) is 0 Å². The predicted octanol–water partition coefficient (Wildman–Crippen LogP) is 0.326. The molecule has 0 aromatic rings. The fraction of sp³-hybridized carbons (Fsp3) is 0.909. The zero-order valence-electron chi connectivity index (χ0n) is 9.67. The Morgan fingerprint density at radius 2 is 2.07 bits per heavy atom. The van der Waals surface area contributed by atoms with E-state index in [2.05, 4.69) is 10.2 Å². The molecular formula is C11H23N3O. The largest absolute Gasteiger partial charge is 0.353 e. The summed E-state index contributed by atoms with van der Waals surface area (Å²) in [4.78, 5) is 13.8. The Kier molecular flexibility index (Phi) is 5.65. The van der Waals surface area contributed by atoms with E-state index in [-0.39, 0.29) is 11.9 Å². The number of nitrogens with two attached hydrogens (primary N) is 1. The number of hydrogen-bond acceptors (Lipinski definition) is 3. The summed E-state index contributed by atoms with van der Waals surface area (Å²) >= 11 is 0. The molecule has 0 bridgehead atoms. The lowest BCUT2D eigenvalue weighted by Gasteiger charge is -2.26. The van der Waals surface area contributed by atoms with Crippen LogP contribution in [-0.4, -0.2) is 43.0 Å². The van der Waals surface area contributed by atoms with E-state index in [1.165, 1.54) is 32.4 Å². The topological polar surface area (TPSA) is 58.4 Å². The molecule has 0 unspecified atom stereocenters. The summed E-state index contributed by atoms with van der Waals surface area (Å²) in [6, 6.07) is -0.341. The summed E-state index contributed by atoms with van der Waals surface area (Å²) in [5.74, 6) is -0.0190. The van der Waals surface area contributed by atoms with Crippen LogP contribution in [0.4, 0.5) is 0 Å². The van der Waals surface area contributed by atoms with Crippen molar-refractivity contribution in [2.75, 3.05) is 26.2 Å². The van der Waals surface area contributed by atoms with Crippen LogP contribution in [0.25, 0.3) is 0 Å². The van der Waals surface area contributed by atoms with E-state index in [0.29, 0.717) is 6.42 Å². The normalized spacial score (nSPS) is 19.9. The Balaban J connectivity index is 2.07. The van der Waals surface area contributed by atoms with Crippen molar-refractivity contribution < 1.29 is 4.79 Å². The first kappa shape index (κ1) is 12.5. The maximum absolute atomic E-state index is 11.4. The van der Waals surface area contributed by atoms with Crippen molar-refractivity contribution in [1.29, 1.82) is 0 Å². The summed E-state index contributed by atoms with van der Waals surface area (Å²) in [6.45, 7) is 5.97. The minimum atomic E-state index is -0.341. The number of hydrogen-bond donors (Lipinski definition) is 2. The number of rotatable bonds is 5. The summed E-state index contributed by atoms with van der Waals surface area (Å²) in [6.07, 6.45) is 4.64. The van der Waals surface area contributed by atoms with Gasteiger partial charge in [0.2, 0.25) is 5.91 Å². The number of carbonyl (C=O) groups is 1. The lowest BCUT2D eigenvalue weighted by molar-refractivity contribution is -0.122. The second kappa shape index (κ2) is 6.80. The maximum atomic E-state index is 11.4. The highest BCUT2D eigenvalue weighted by molar-refractivity contribution is 5.81. The first-order valence-electron chi connectivity index (χ1n) is 5.99.